The van der Waals surface area contributed by atoms with E-state index < -0.39 is 0 Å². The van der Waals surface area contributed by atoms with Crippen molar-refractivity contribution in [1.29, 1.82) is 0 Å². The largest absolute Gasteiger partial charge is 0.322 e. The summed E-state index contributed by atoms with van der Waals surface area (Å²) in [6.45, 7) is 0.577. The first-order chi connectivity index (χ1) is 9.69. The van der Waals surface area contributed by atoms with Gasteiger partial charge in [-0.3, -0.25) is 0 Å². The van der Waals surface area contributed by atoms with Crippen LogP contribution in [0.3, 0.4) is 0 Å². The molecule has 0 saturated carbocycles. The summed E-state index contributed by atoms with van der Waals surface area (Å²) in [5, 5.41) is 1.98. The minimum absolute atomic E-state index is 0.297. The summed E-state index contributed by atoms with van der Waals surface area (Å²) in [5.74, 6) is 1.03. The van der Waals surface area contributed by atoms with Gasteiger partial charge in [0.25, 0.3) is 0 Å². The summed E-state index contributed by atoms with van der Waals surface area (Å²) >= 11 is 10.6. The predicted molar refractivity (Wildman–Crippen MR) is 83.0 cm³/mol. The van der Waals surface area contributed by atoms with E-state index in [4.69, 9.17) is 11.6 Å². The number of thiazole rings is 1. The van der Waals surface area contributed by atoms with Crippen LogP contribution in [-0.4, -0.2) is 20.4 Å². The van der Waals surface area contributed by atoms with E-state index in [1.54, 1.807) is 11.6 Å². The third-order valence-corrected chi connectivity index (χ3v) is 4.42. The van der Waals surface area contributed by atoms with Crippen LogP contribution < -0.4 is 0 Å². The molecule has 7 heteroatoms. The summed E-state index contributed by atoms with van der Waals surface area (Å²) in [5.41, 5.74) is 4.24. The SMILES string of the molecule is Fc1cc2c(cc1Br)nc(CCCl)n2Cc1cscn1. The average molecular weight is 375 g/mol. The van der Waals surface area contributed by atoms with Gasteiger partial charge >= 0.3 is 0 Å². The van der Waals surface area contributed by atoms with Gasteiger partial charge in [0, 0.05) is 23.7 Å². The fourth-order valence-corrected chi connectivity index (χ4v) is 3.15. The fourth-order valence-electron chi connectivity index (χ4n) is 2.10. The molecule has 0 atom stereocenters. The molecule has 0 fully saturated rings. The lowest BCUT2D eigenvalue weighted by Gasteiger charge is -2.06. The zero-order valence-electron chi connectivity index (χ0n) is 10.3. The molecule has 1 aromatic carbocycles. The van der Waals surface area contributed by atoms with E-state index in [0.29, 0.717) is 23.3 Å². The molecule has 3 nitrogen and oxygen atoms in total. The number of hydrogen-bond donors (Lipinski definition) is 0. The average Bonchev–Trinajstić information content (AvgIpc) is 3.02. The Bertz CT molecular complexity index is 742. The van der Waals surface area contributed by atoms with Gasteiger partial charge in [-0.15, -0.1) is 22.9 Å². The van der Waals surface area contributed by atoms with Crippen LogP contribution in [0.2, 0.25) is 0 Å². The highest BCUT2D eigenvalue weighted by molar-refractivity contribution is 9.10. The third kappa shape index (κ3) is 2.60. The predicted octanol–water partition coefficient (Wildman–Crippen LogP) is 4.22. The minimum atomic E-state index is -0.297. The van der Waals surface area contributed by atoms with Crippen LogP contribution in [0.25, 0.3) is 11.0 Å². The Morgan fingerprint density at radius 3 is 2.95 bits per heavy atom. The molecule has 104 valence electrons. The van der Waals surface area contributed by atoms with E-state index in [0.717, 1.165) is 22.6 Å². The number of fused-ring (bicyclic) bond motifs is 1. The monoisotopic (exact) mass is 373 g/mol. The van der Waals surface area contributed by atoms with Gasteiger partial charge < -0.3 is 4.57 Å². The second-order valence-corrected chi connectivity index (χ2v) is 6.24. The van der Waals surface area contributed by atoms with E-state index in [9.17, 15) is 4.39 Å². The van der Waals surface area contributed by atoms with Crippen molar-refractivity contribution in [2.24, 2.45) is 0 Å². The van der Waals surface area contributed by atoms with Crippen LogP contribution in [0.1, 0.15) is 11.5 Å². The molecular formula is C13H10BrClFN3S. The number of hydrogen-bond acceptors (Lipinski definition) is 3. The van der Waals surface area contributed by atoms with Gasteiger partial charge in [-0.25, -0.2) is 14.4 Å². The molecule has 0 unspecified atom stereocenters. The maximum atomic E-state index is 13.8. The first-order valence-electron chi connectivity index (χ1n) is 5.96. The molecule has 0 bridgehead atoms. The maximum Gasteiger partial charge on any atom is 0.139 e. The highest BCUT2D eigenvalue weighted by atomic mass is 79.9. The van der Waals surface area contributed by atoms with Crippen molar-refractivity contribution in [3.8, 4) is 0 Å². The number of nitrogens with zero attached hydrogens (tertiary/aromatic N) is 3. The van der Waals surface area contributed by atoms with Gasteiger partial charge in [0.05, 0.1) is 33.3 Å². The molecule has 3 rings (SSSR count). The van der Waals surface area contributed by atoms with Crippen LogP contribution in [-0.2, 0) is 13.0 Å². The highest BCUT2D eigenvalue weighted by Crippen LogP contribution is 2.25. The minimum Gasteiger partial charge on any atom is -0.322 e. The topological polar surface area (TPSA) is 30.7 Å². The maximum absolute atomic E-state index is 13.8. The van der Waals surface area contributed by atoms with Gasteiger partial charge in [0.1, 0.15) is 11.6 Å². The van der Waals surface area contributed by atoms with E-state index in [-0.39, 0.29) is 5.82 Å². The Balaban J connectivity index is 2.15. The molecule has 3 aromatic rings. The summed E-state index contributed by atoms with van der Waals surface area (Å²) in [4.78, 5) is 8.82. The highest BCUT2D eigenvalue weighted by Gasteiger charge is 2.14. The van der Waals surface area contributed by atoms with E-state index in [1.807, 2.05) is 9.95 Å². The van der Waals surface area contributed by atoms with Crippen LogP contribution in [0.4, 0.5) is 4.39 Å². The normalized spacial score (nSPS) is 11.3. The zero-order valence-corrected chi connectivity index (χ0v) is 13.5. The molecule has 0 aliphatic rings. The summed E-state index contributed by atoms with van der Waals surface area (Å²) in [7, 11) is 0. The molecule has 0 saturated heterocycles. The lowest BCUT2D eigenvalue weighted by Crippen LogP contribution is -2.06. The van der Waals surface area contributed by atoms with Crippen molar-refractivity contribution >= 4 is 49.9 Å². The van der Waals surface area contributed by atoms with E-state index >= 15 is 0 Å². The second-order valence-electron chi connectivity index (χ2n) is 4.29. The van der Waals surface area contributed by atoms with Crippen LogP contribution in [0.15, 0.2) is 27.5 Å². The van der Waals surface area contributed by atoms with Crippen LogP contribution in [0.5, 0.6) is 0 Å². The molecular weight excluding hydrogens is 365 g/mol. The summed E-state index contributed by atoms with van der Waals surface area (Å²) < 4.78 is 16.2. The zero-order chi connectivity index (χ0) is 14.1. The molecule has 20 heavy (non-hydrogen) atoms. The van der Waals surface area contributed by atoms with E-state index in [1.165, 1.54) is 17.4 Å². The Hall–Kier alpha value is -0.980. The van der Waals surface area contributed by atoms with Crippen molar-refractivity contribution in [3.05, 3.63) is 44.8 Å². The molecule has 2 aromatic heterocycles. The van der Waals surface area contributed by atoms with E-state index in [2.05, 4.69) is 25.9 Å². The van der Waals surface area contributed by atoms with Gasteiger partial charge in [-0.1, -0.05) is 0 Å². The number of rotatable bonds is 4. The number of aryl methyl sites for hydroxylation is 1. The van der Waals surface area contributed by atoms with Crippen LogP contribution in [0, 0.1) is 5.82 Å². The molecule has 0 spiro atoms. The third-order valence-electron chi connectivity index (χ3n) is 2.99. The number of aromatic nitrogens is 3. The van der Waals surface area contributed by atoms with Crippen LogP contribution >= 0.6 is 38.9 Å². The van der Waals surface area contributed by atoms with Gasteiger partial charge in [-0.05, 0) is 22.0 Å². The Labute approximate surface area is 132 Å². The lowest BCUT2D eigenvalue weighted by atomic mass is 10.3. The van der Waals surface area contributed by atoms with Gasteiger partial charge in [0.2, 0.25) is 0 Å². The molecule has 0 aliphatic heterocycles. The molecule has 0 aliphatic carbocycles. The van der Waals surface area contributed by atoms with Crippen molar-refractivity contribution < 1.29 is 4.39 Å². The summed E-state index contributed by atoms with van der Waals surface area (Å²) in [6.07, 6.45) is 0.639. The quantitative estimate of drug-likeness (QED) is 0.640. The first-order valence-corrected chi connectivity index (χ1v) is 8.23. The standard InChI is InChI=1S/C13H10BrClFN3S/c14-9-3-11-12(4-10(9)16)19(13(18-11)1-2-15)5-8-6-20-7-17-8/h3-4,6-7H,1-2,5H2. The number of halogens is 3. The molecule has 2 heterocycles. The Morgan fingerprint density at radius 1 is 1.40 bits per heavy atom. The number of alkyl halides is 1. The fraction of sp³-hybridized carbons (Fsp3) is 0.231. The van der Waals surface area contributed by atoms with Gasteiger partial charge in [-0.2, -0.15) is 0 Å². The number of imidazole rings is 1. The van der Waals surface area contributed by atoms with Crippen molar-refractivity contribution in [1.82, 2.24) is 14.5 Å². The Morgan fingerprint density at radius 2 is 2.25 bits per heavy atom. The van der Waals surface area contributed by atoms with Gasteiger partial charge in [0.15, 0.2) is 0 Å². The summed E-state index contributed by atoms with van der Waals surface area (Å²) in [6, 6.07) is 3.19. The van der Waals surface area contributed by atoms with Crippen molar-refractivity contribution in [3.63, 3.8) is 0 Å². The van der Waals surface area contributed by atoms with Crippen molar-refractivity contribution in [2.75, 3.05) is 5.88 Å². The molecule has 0 amide bonds. The van der Waals surface area contributed by atoms with Crippen molar-refractivity contribution in [2.45, 2.75) is 13.0 Å². The lowest BCUT2D eigenvalue weighted by molar-refractivity contribution is 0.621. The number of benzene rings is 1. The second kappa shape index (κ2) is 5.79. The first kappa shape index (κ1) is 14.0. The molecule has 0 N–H and O–H groups in total. The smallest absolute Gasteiger partial charge is 0.139 e. The molecule has 0 radical (unpaired) electrons. The Kier molecular flexibility index (Phi) is 4.05.